The Bertz CT molecular complexity index is 649. The number of rotatable bonds is 8. The summed E-state index contributed by atoms with van der Waals surface area (Å²) in [5, 5.41) is 3.02. The molecule has 1 atom stereocenters. The fourth-order valence-corrected chi connectivity index (χ4v) is 3.10. The van der Waals surface area contributed by atoms with Crippen molar-refractivity contribution in [3.05, 3.63) is 36.6 Å². The van der Waals surface area contributed by atoms with Crippen LogP contribution in [0, 0.1) is 0 Å². The first-order valence-corrected chi connectivity index (χ1v) is 8.27. The van der Waals surface area contributed by atoms with Crippen molar-refractivity contribution >= 4 is 10.0 Å². The molecule has 0 aliphatic carbocycles. The third kappa shape index (κ3) is 4.42. The first-order chi connectivity index (χ1) is 10.0. The van der Waals surface area contributed by atoms with Gasteiger partial charge in [-0.25, -0.2) is 18.1 Å². The molecule has 2 aromatic rings. The molecule has 116 valence electrons. The van der Waals surface area contributed by atoms with Gasteiger partial charge in [-0.15, -0.1) is 0 Å². The summed E-state index contributed by atoms with van der Waals surface area (Å²) in [6.45, 7) is 5.57. The van der Waals surface area contributed by atoms with Crippen LogP contribution < -0.4 is 10.0 Å². The number of nitrogens with one attached hydrogen (secondary N) is 2. The van der Waals surface area contributed by atoms with Gasteiger partial charge in [-0.3, -0.25) is 0 Å². The largest absolute Gasteiger partial charge is 0.447 e. The van der Waals surface area contributed by atoms with Crippen LogP contribution in [0.1, 0.15) is 19.6 Å². The number of furan rings is 1. The minimum absolute atomic E-state index is 0.0621. The van der Waals surface area contributed by atoms with Crippen LogP contribution in [0.25, 0.3) is 0 Å². The molecule has 8 heteroatoms. The molecule has 2 N–H and O–H groups in total. The van der Waals surface area contributed by atoms with Crippen molar-refractivity contribution in [3.63, 3.8) is 0 Å². The number of hydrogen-bond acceptors (Lipinski definition) is 5. The number of nitrogens with zero attached hydrogens (tertiary/aromatic N) is 2. The van der Waals surface area contributed by atoms with E-state index >= 15 is 0 Å². The Morgan fingerprint density at radius 2 is 2.24 bits per heavy atom. The van der Waals surface area contributed by atoms with Gasteiger partial charge in [0.05, 0.1) is 12.9 Å². The van der Waals surface area contributed by atoms with E-state index < -0.39 is 10.0 Å². The van der Waals surface area contributed by atoms with Gasteiger partial charge >= 0.3 is 0 Å². The van der Waals surface area contributed by atoms with E-state index in [9.17, 15) is 8.42 Å². The molecular formula is C13H20N4O3S. The summed E-state index contributed by atoms with van der Waals surface area (Å²) in [6.07, 6.45) is 5.08. The van der Waals surface area contributed by atoms with Gasteiger partial charge in [-0.05, 0) is 25.6 Å². The summed E-state index contributed by atoms with van der Waals surface area (Å²) in [5.74, 6) is 0.597. The maximum absolute atomic E-state index is 12.2. The Balaban J connectivity index is 1.98. The van der Waals surface area contributed by atoms with Crippen LogP contribution in [0.4, 0.5) is 0 Å². The topological polar surface area (TPSA) is 89.2 Å². The van der Waals surface area contributed by atoms with Crippen LogP contribution in [-0.2, 0) is 23.1 Å². The second-order valence-electron chi connectivity index (χ2n) is 4.78. The van der Waals surface area contributed by atoms with Crippen LogP contribution >= 0.6 is 0 Å². The lowest BCUT2D eigenvalue weighted by Crippen LogP contribution is -2.35. The predicted octanol–water partition coefficient (Wildman–Crippen LogP) is 0.953. The summed E-state index contributed by atoms with van der Waals surface area (Å²) in [7, 11) is -3.65. The highest BCUT2D eigenvalue weighted by atomic mass is 32.2. The van der Waals surface area contributed by atoms with E-state index in [0.717, 1.165) is 6.54 Å². The molecule has 21 heavy (non-hydrogen) atoms. The lowest BCUT2D eigenvalue weighted by molar-refractivity contribution is 0.398. The second kappa shape index (κ2) is 6.88. The van der Waals surface area contributed by atoms with Crippen LogP contribution in [0.2, 0.25) is 0 Å². The lowest BCUT2D eigenvalue weighted by atomic mass is 10.4. The van der Waals surface area contributed by atoms with Crippen molar-refractivity contribution in [3.8, 4) is 0 Å². The maximum Gasteiger partial charge on any atom is 0.274 e. The highest BCUT2D eigenvalue weighted by Crippen LogP contribution is 2.14. The van der Waals surface area contributed by atoms with Crippen LogP contribution in [0.5, 0.6) is 0 Å². The summed E-state index contributed by atoms with van der Waals surface area (Å²) in [6, 6.07) is 2.86. The molecule has 2 rings (SSSR count). The van der Waals surface area contributed by atoms with Crippen molar-refractivity contribution in [1.82, 2.24) is 19.6 Å². The first-order valence-electron chi connectivity index (χ1n) is 6.78. The third-order valence-electron chi connectivity index (χ3n) is 2.85. The molecule has 7 nitrogen and oxygen atoms in total. The van der Waals surface area contributed by atoms with Gasteiger partial charge in [0.15, 0.2) is 0 Å². The zero-order valence-electron chi connectivity index (χ0n) is 12.1. The summed E-state index contributed by atoms with van der Waals surface area (Å²) in [5.41, 5.74) is 0. The van der Waals surface area contributed by atoms with E-state index in [1.165, 1.54) is 6.07 Å². The van der Waals surface area contributed by atoms with Crippen molar-refractivity contribution in [2.24, 2.45) is 0 Å². The molecule has 0 aliphatic heterocycles. The molecule has 0 aromatic carbocycles. The number of hydrogen-bond donors (Lipinski definition) is 2. The average Bonchev–Trinajstić information content (AvgIpc) is 3.06. The van der Waals surface area contributed by atoms with Crippen molar-refractivity contribution < 1.29 is 12.8 Å². The van der Waals surface area contributed by atoms with Crippen LogP contribution in [0.15, 0.2) is 40.4 Å². The van der Waals surface area contributed by atoms with E-state index in [1.54, 1.807) is 31.7 Å². The van der Waals surface area contributed by atoms with E-state index in [4.69, 9.17) is 4.42 Å². The Morgan fingerprint density at radius 3 is 2.90 bits per heavy atom. The number of sulfonamides is 1. The van der Waals surface area contributed by atoms with Crippen molar-refractivity contribution in [2.45, 2.75) is 38.1 Å². The third-order valence-corrected chi connectivity index (χ3v) is 4.31. The standard InChI is InChI=1S/C13H20N4O3S/c1-3-14-8-12-4-5-13(20-12)21(18,19)16-11(2)9-17-7-6-15-10-17/h4-7,10-11,14,16H,3,8-9H2,1-2H3. The quantitative estimate of drug-likeness (QED) is 0.757. The Morgan fingerprint density at radius 1 is 1.43 bits per heavy atom. The summed E-state index contributed by atoms with van der Waals surface area (Å²) < 4.78 is 34.2. The summed E-state index contributed by atoms with van der Waals surface area (Å²) in [4.78, 5) is 3.92. The molecule has 1 unspecified atom stereocenters. The smallest absolute Gasteiger partial charge is 0.274 e. The fraction of sp³-hybridized carbons (Fsp3) is 0.462. The number of imidazole rings is 1. The van der Waals surface area contributed by atoms with Gasteiger partial charge in [0.2, 0.25) is 5.09 Å². The maximum atomic E-state index is 12.2. The first kappa shape index (κ1) is 15.7. The van der Waals surface area contributed by atoms with E-state index in [0.29, 0.717) is 18.8 Å². The molecule has 0 saturated heterocycles. The highest BCUT2D eigenvalue weighted by molar-refractivity contribution is 7.89. The molecule has 2 heterocycles. The van der Waals surface area contributed by atoms with Crippen LogP contribution in [-0.4, -0.2) is 30.6 Å². The minimum atomic E-state index is -3.65. The van der Waals surface area contributed by atoms with Crippen LogP contribution in [0.3, 0.4) is 0 Å². The molecule has 2 aromatic heterocycles. The fourth-order valence-electron chi connectivity index (χ4n) is 1.92. The number of aromatic nitrogens is 2. The Hall–Kier alpha value is -1.64. The summed E-state index contributed by atoms with van der Waals surface area (Å²) >= 11 is 0. The monoisotopic (exact) mass is 312 g/mol. The predicted molar refractivity (Wildman–Crippen MR) is 78.1 cm³/mol. The lowest BCUT2D eigenvalue weighted by Gasteiger charge is -2.13. The molecule has 0 saturated carbocycles. The highest BCUT2D eigenvalue weighted by Gasteiger charge is 2.21. The molecule has 0 bridgehead atoms. The van der Waals surface area contributed by atoms with Gasteiger partial charge in [-0.2, -0.15) is 0 Å². The normalized spacial score (nSPS) is 13.4. The molecular weight excluding hydrogens is 292 g/mol. The van der Waals surface area contributed by atoms with Crippen molar-refractivity contribution in [2.75, 3.05) is 6.54 Å². The van der Waals surface area contributed by atoms with E-state index in [2.05, 4.69) is 15.0 Å². The van der Waals surface area contributed by atoms with E-state index in [1.807, 2.05) is 11.5 Å². The van der Waals surface area contributed by atoms with Gasteiger partial charge < -0.3 is 14.3 Å². The van der Waals surface area contributed by atoms with Gasteiger partial charge in [0, 0.05) is 25.0 Å². The molecule has 0 spiro atoms. The molecule has 0 aliphatic rings. The minimum Gasteiger partial charge on any atom is -0.447 e. The van der Waals surface area contributed by atoms with Crippen molar-refractivity contribution in [1.29, 1.82) is 0 Å². The zero-order valence-corrected chi connectivity index (χ0v) is 12.9. The van der Waals surface area contributed by atoms with Gasteiger partial charge in [0.1, 0.15) is 5.76 Å². The molecule has 0 fully saturated rings. The second-order valence-corrected chi connectivity index (χ2v) is 6.43. The van der Waals surface area contributed by atoms with Gasteiger partial charge in [0.25, 0.3) is 10.0 Å². The molecule has 0 amide bonds. The van der Waals surface area contributed by atoms with E-state index in [-0.39, 0.29) is 11.1 Å². The van der Waals surface area contributed by atoms with Gasteiger partial charge in [-0.1, -0.05) is 6.92 Å². The Kier molecular flexibility index (Phi) is 5.16. The zero-order chi connectivity index (χ0) is 15.3. The SMILES string of the molecule is CCNCc1ccc(S(=O)(=O)NC(C)Cn2ccnc2)o1. The average molecular weight is 312 g/mol. The molecule has 0 radical (unpaired) electrons. The Labute approximate surface area is 124 Å².